The average molecular weight is 489 g/mol. The molecular formula is C25H18BrFN4O. The highest BCUT2D eigenvalue weighted by Crippen LogP contribution is 2.35. The molecule has 32 heavy (non-hydrogen) atoms. The molecule has 0 saturated heterocycles. The Morgan fingerprint density at radius 1 is 1.00 bits per heavy atom. The zero-order valence-corrected chi connectivity index (χ0v) is 18.4. The van der Waals surface area contributed by atoms with Crippen molar-refractivity contribution in [3.63, 3.8) is 0 Å². The minimum absolute atomic E-state index is 0.193. The second-order valence-corrected chi connectivity index (χ2v) is 8.30. The Kier molecular flexibility index (Phi) is 5.33. The molecule has 0 radical (unpaired) electrons. The summed E-state index contributed by atoms with van der Waals surface area (Å²) >= 11 is 3.48. The normalized spacial score (nSPS) is 14.8. The van der Waals surface area contributed by atoms with E-state index in [0.29, 0.717) is 17.1 Å². The van der Waals surface area contributed by atoms with Crippen LogP contribution in [0.25, 0.3) is 5.70 Å². The van der Waals surface area contributed by atoms with Crippen LogP contribution >= 0.6 is 15.9 Å². The van der Waals surface area contributed by atoms with E-state index in [1.165, 1.54) is 24.3 Å². The van der Waals surface area contributed by atoms with E-state index in [-0.39, 0.29) is 17.8 Å². The van der Waals surface area contributed by atoms with Crippen LogP contribution in [0.5, 0.6) is 0 Å². The van der Waals surface area contributed by atoms with Gasteiger partial charge in [0.2, 0.25) is 0 Å². The summed E-state index contributed by atoms with van der Waals surface area (Å²) in [6.45, 7) is 0. The number of benzene rings is 3. The predicted octanol–water partition coefficient (Wildman–Crippen LogP) is 6.09. The van der Waals surface area contributed by atoms with Gasteiger partial charge in [0, 0.05) is 15.9 Å². The summed E-state index contributed by atoms with van der Waals surface area (Å²) in [4.78, 5) is 13.0. The molecule has 1 aliphatic heterocycles. The number of anilines is 2. The van der Waals surface area contributed by atoms with Gasteiger partial charge >= 0.3 is 0 Å². The standard InChI is InChI=1S/C25H18BrFN4O/c26-18-8-6-17(7-9-18)23-14-22(16-4-2-1-3-5-16)30-24-21(15-28-31(23)24)25(32)29-20-12-10-19(27)11-13-20/h1-15,23,30H,(H,29,32)/t23-/m0/s1. The second-order valence-electron chi connectivity index (χ2n) is 7.38. The van der Waals surface area contributed by atoms with Crippen LogP contribution in [0.2, 0.25) is 0 Å². The topological polar surface area (TPSA) is 59.0 Å². The van der Waals surface area contributed by atoms with Crippen LogP contribution in [0.15, 0.2) is 95.6 Å². The van der Waals surface area contributed by atoms with Crippen molar-refractivity contribution >= 4 is 39.0 Å². The van der Waals surface area contributed by atoms with E-state index in [4.69, 9.17) is 0 Å². The Morgan fingerprint density at radius 2 is 1.72 bits per heavy atom. The maximum Gasteiger partial charge on any atom is 0.261 e. The number of halogens is 2. The van der Waals surface area contributed by atoms with Crippen molar-refractivity contribution in [3.8, 4) is 0 Å². The Bertz CT molecular complexity index is 1300. The molecule has 7 heteroatoms. The molecule has 0 aliphatic carbocycles. The van der Waals surface area contributed by atoms with E-state index in [0.717, 1.165) is 21.3 Å². The molecule has 1 atom stereocenters. The monoisotopic (exact) mass is 488 g/mol. The zero-order valence-electron chi connectivity index (χ0n) is 16.8. The lowest BCUT2D eigenvalue weighted by Crippen LogP contribution is -2.22. The van der Waals surface area contributed by atoms with Crippen molar-refractivity contribution in [2.45, 2.75) is 6.04 Å². The molecule has 1 amide bonds. The highest BCUT2D eigenvalue weighted by atomic mass is 79.9. The molecule has 5 nitrogen and oxygen atoms in total. The molecule has 1 aliphatic rings. The molecule has 1 aromatic heterocycles. The molecule has 5 rings (SSSR count). The first-order chi connectivity index (χ1) is 15.6. The third-order valence-corrected chi connectivity index (χ3v) is 5.81. The van der Waals surface area contributed by atoms with Gasteiger partial charge in [-0.1, -0.05) is 58.4 Å². The quantitative estimate of drug-likeness (QED) is 0.365. The molecule has 0 spiro atoms. The maximum absolute atomic E-state index is 13.2. The summed E-state index contributed by atoms with van der Waals surface area (Å²) in [5.74, 6) is -0.0873. The van der Waals surface area contributed by atoms with Gasteiger partial charge in [-0.3, -0.25) is 4.79 Å². The first kappa shape index (κ1) is 20.2. The van der Waals surface area contributed by atoms with E-state index in [1.54, 1.807) is 10.9 Å². The van der Waals surface area contributed by atoms with Gasteiger partial charge in [0.1, 0.15) is 17.2 Å². The number of allylic oxidation sites excluding steroid dienone is 1. The third kappa shape index (κ3) is 3.94. The van der Waals surface area contributed by atoms with Crippen LogP contribution in [-0.2, 0) is 0 Å². The van der Waals surface area contributed by atoms with Crippen LogP contribution in [0.1, 0.15) is 27.5 Å². The van der Waals surface area contributed by atoms with Crippen LogP contribution in [0.4, 0.5) is 15.9 Å². The van der Waals surface area contributed by atoms with Gasteiger partial charge in [0.05, 0.1) is 12.2 Å². The van der Waals surface area contributed by atoms with E-state index in [2.05, 4.69) is 37.7 Å². The number of rotatable bonds is 4. The number of nitrogens with zero attached hydrogens (tertiary/aromatic N) is 2. The number of carbonyl (C=O) groups excluding carboxylic acids is 1. The molecule has 4 aromatic rings. The maximum atomic E-state index is 13.2. The Balaban J connectivity index is 1.54. The SMILES string of the molecule is O=C(Nc1ccc(F)cc1)c1cnn2c1NC(c1ccccc1)=C[C@H]2c1ccc(Br)cc1. The highest BCUT2D eigenvalue weighted by molar-refractivity contribution is 9.10. The van der Waals surface area contributed by atoms with Crippen molar-refractivity contribution in [3.05, 3.63) is 118 Å². The fourth-order valence-corrected chi connectivity index (χ4v) is 3.94. The van der Waals surface area contributed by atoms with Gasteiger partial charge in [0.15, 0.2) is 0 Å². The van der Waals surface area contributed by atoms with Crippen molar-refractivity contribution in [2.24, 2.45) is 0 Å². The van der Waals surface area contributed by atoms with Crippen LogP contribution in [0.3, 0.4) is 0 Å². The summed E-state index contributed by atoms with van der Waals surface area (Å²) in [6, 6.07) is 23.4. The molecule has 0 unspecified atom stereocenters. The van der Waals surface area contributed by atoms with Crippen LogP contribution in [-0.4, -0.2) is 15.7 Å². The lowest BCUT2D eigenvalue weighted by atomic mass is 10.0. The van der Waals surface area contributed by atoms with Gasteiger partial charge in [-0.25, -0.2) is 9.07 Å². The van der Waals surface area contributed by atoms with Gasteiger partial charge in [-0.15, -0.1) is 0 Å². The van der Waals surface area contributed by atoms with Crippen molar-refractivity contribution < 1.29 is 9.18 Å². The zero-order chi connectivity index (χ0) is 22.1. The summed E-state index contributed by atoms with van der Waals surface area (Å²) in [6.07, 6.45) is 3.65. The number of fused-ring (bicyclic) bond motifs is 1. The fraction of sp³-hybridized carbons (Fsp3) is 0.0400. The predicted molar refractivity (Wildman–Crippen MR) is 127 cm³/mol. The Morgan fingerprint density at radius 3 is 2.44 bits per heavy atom. The van der Waals surface area contributed by atoms with Crippen LogP contribution in [0, 0.1) is 5.82 Å². The first-order valence-corrected chi connectivity index (χ1v) is 10.8. The van der Waals surface area contributed by atoms with Gasteiger partial charge in [-0.05, 0) is 53.6 Å². The fourth-order valence-electron chi connectivity index (χ4n) is 3.68. The molecule has 158 valence electrons. The van der Waals surface area contributed by atoms with Gasteiger partial charge < -0.3 is 10.6 Å². The van der Waals surface area contributed by atoms with Crippen LogP contribution < -0.4 is 10.6 Å². The summed E-state index contributed by atoms with van der Waals surface area (Å²) in [7, 11) is 0. The molecular weight excluding hydrogens is 471 g/mol. The molecule has 0 fully saturated rings. The lowest BCUT2D eigenvalue weighted by Gasteiger charge is -2.26. The number of aromatic nitrogens is 2. The van der Waals surface area contributed by atoms with Crippen molar-refractivity contribution in [2.75, 3.05) is 10.6 Å². The van der Waals surface area contributed by atoms with E-state index < -0.39 is 0 Å². The first-order valence-electron chi connectivity index (χ1n) is 10.0. The van der Waals surface area contributed by atoms with Crippen molar-refractivity contribution in [1.29, 1.82) is 0 Å². The van der Waals surface area contributed by atoms with E-state index in [1.807, 2.05) is 54.6 Å². The van der Waals surface area contributed by atoms with E-state index >= 15 is 0 Å². The smallest absolute Gasteiger partial charge is 0.261 e. The molecule has 2 N–H and O–H groups in total. The largest absolute Gasteiger partial charge is 0.339 e. The summed E-state index contributed by atoms with van der Waals surface area (Å²) < 4.78 is 16.0. The lowest BCUT2D eigenvalue weighted by molar-refractivity contribution is 0.102. The summed E-state index contributed by atoms with van der Waals surface area (Å²) in [5, 5.41) is 10.7. The van der Waals surface area contributed by atoms with Crippen molar-refractivity contribution in [1.82, 2.24) is 9.78 Å². The molecule has 2 heterocycles. The summed E-state index contributed by atoms with van der Waals surface area (Å²) in [5.41, 5.74) is 3.85. The van der Waals surface area contributed by atoms with E-state index in [9.17, 15) is 9.18 Å². The minimum atomic E-state index is -0.359. The molecule has 0 saturated carbocycles. The second kappa shape index (κ2) is 8.43. The number of amides is 1. The number of carbonyl (C=O) groups is 1. The third-order valence-electron chi connectivity index (χ3n) is 5.28. The number of nitrogens with one attached hydrogen (secondary N) is 2. The molecule has 0 bridgehead atoms. The Hall–Kier alpha value is -3.71. The number of hydrogen-bond donors (Lipinski definition) is 2. The van der Waals surface area contributed by atoms with Gasteiger partial charge in [-0.2, -0.15) is 5.10 Å². The number of hydrogen-bond acceptors (Lipinski definition) is 3. The highest BCUT2D eigenvalue weighted by Gasteiger charge is 2.27. The average Bonchev–Trinajstić information content (AvgIpc) is 3.25. The molecule has 3 aromatic carbocycles. The Labute approximate surface area is 192 Å². The minimum Gasteiger partial charge on any atom is -0.339 e. The van der Waals surface area contributed by atoms with Gasteiger partial charge in [0.25, 0.3) is 5.91 Å².